The van der Waals surface area contributed by atoms with Crippen LogP contribution in [0.2, 0.25) is 0 Å². The van der Waals surface area contributed by atoms with Crippen molar-refractivity contribution in [3.05, 3.63) is 24.3 Å². The SMILES string of the molecule is O=C1C=CC(=O)C=C1.O=S(=O)([O-])[O-].[K+].[K+]. The molecule has 0 aromatic rings. The van der Waals surface area contributed by atoms with Crippen molar-refractivity contribution in [1.29, 1.82) is 0 Å². The van der Waals surface area contributed by atoms with E-state index in [0.29, 0.717) is 0 Å². The van der Waals surface area contributed by atoms with E-state index < -0.39 is 10.4 Å². The zero-order valence-electron chi connectivity index (χ0n) is 8.17. The molecule has 0 atom stereocenters. The van der Waals surface area contributed by atoms with Crippen LogP contribution in [0, 0.1) is 0 Å². The van der Waals surface area contributed by atoms with E-state index >= 15 is 0 Å². The molecule has 0 spiro atoms. The quantitative estimate of drug-likeness (QED) is 0.189. The van der Waals surface area contributed by atoms with E-state index in [1.807, 2.05) is 0 Å². The Balaban J connectivity index is -0.000000185. The van der Waals surface area contributed by atoms with E-state index in [1.54, 1.807) is 0 Å². The molecule has 0 saturated carbocycles. The van der Waals surface area contributed by atoms with Gasteiger partial charge in [-0.25, -0.2) is 0 Å². The van der Waals surface area contributed by atoms with Crippen LogP contribution in [0.5, 0.6) is 0 Å². The fourth-order valence-corrected chi connectivity index (χ4v) is 0.440. The van der Waals surface area contributed by atoms with Crippen molar-refractivity contribution in [3.8, 4) is 0 Å². The molecule has 0 aromatic heterocycles. The van der Waals surface area contributed by atoms with Gasteiger partial charge in [-0.3, -0.25) is 18.0 Å². The van der Waals surface area contributed by atoms with Crippen LogP contribution in [0.3, 0.4) is 0 Å². The molecule has 0 aromatic carbocycles. The number of hydrogen-bond acceptors (Lipinski definition) is 6. The molecule has 0 amide bonds. The molecule has 0 unspecified atom stereocenters. The molecule has 1 rings (SSSR count). The van der Waals surface area contributed by atoms with Gasteiger partial charge in [0.2, 0.25) is 0 Å². The molecule has 15 heavy (non-hydrogen) atoms. The van der Waals surface area contributed by atoms with Gasteiger partial charge < -0.3 is 9.11 Å². The molecular formula is C6H4K2O6S. The Morgan fingerprint density at radius 2 is 0.933 bits per heavy atom. The summed E-state index contributed by atoms with van der Waals surface area (Å²) in [6.45, 7) is 0. The van der Waals surface area contributed by atoms with Crippen molar-refractivity contribution >= 4 is 22.0 Å². The van der Waals surface area contributed by atoms with E-state index in [1.165, 1.54) is 24.3 Å². The molecule has 0 fully saturated rings. The largest absolute Gasteiger partial charge is 1.00 e. The second kappa shape index (κ2) is 11.1. The predicted molar refractivity (Wildman–Crippen MR) is 38.8 cm³/mol. The van der Waals surface area contributed by atoms with Crippen LogP contribution in [0.25, 0.3) is 0 Å². The first kappa shape index (κ1) is 22.2. The van der Waals surface area contributed by atoms with E-state index in [4.69, 9.17) is 17.5 Å². The molecule has 1 aliphatic rings. The predicted octanol–water partition coefficient (Wildman–Crippen LogP) is -7.08. The molecule has 72 valence electrons. The Hall–Kier alpha value is 1.96. The minimum atomic E-state index is -5.17. The average Bonchev–Trinajstić information content (AvgIpc) is 1.92. The smallest absolute Gasteiger partial charge is 0.759 e. The Bertz CT molecular complexity index is 323. The summed E-state index contributed by atoms with van der Waals surface area (Å²) in [6.07, 6.45) is 5.01. The van der Waals surface area contributed by atoms with Gasteiger partial charge in [0.15, 0.2) is 11.6 Å². The Morgan fingerprint density at radius 3 is 1.07 bits per heavy atom. The summed E-state index contributed by atoms with van der Waals surface area (Å²) in [5.41, 5.74) is 0. The van der Waals surface area contributed by atoms with Gasteiger partial charge in [0.1, 0.15) is 0 Å². The molecule has 0 heterocycles. The summed E-state index contributed by atoms with van der Waals surface area (Å²) in [7, 11) is -5.17. The maximum absolute atomic E-state index is 10.3. The number of rotatable bonds is 0. The summed E-state index contributed by atoms with van der Waals surface area (Å²) >= 11 is 0. The van der Waals surface area contributed by atoms with Crippen molar-refractivity contribution in [2.45, 2.75) is 0 Å². The summed E-state index contributed by atoms with van der Waals surface area (Å²) in [5, 5.41) is 0. The second-order valence-electron chi connectivity index (χ2n) is 1.88. The third-order valence-electron chi connectivity index (χ3n) is 0.824. The fourth-order valence-electron chi connectivity index (χ4n) is 0.440. The first-order valence-corrected chi connectivity index (χ1v) is 4.23. The minimum Gasteiger partial charge on any atom is -0.759 e. The maximum Gasteiger partial charge on any atom is 1.00 e. The molecule has 0 radical (unpaired) electrons. The third-order valence-corrected chi connectivity index (χ3v) is 0.824. The van der Waals surface area contributed by atoms with E-state index in [-0.39, 0.29) is 114 Å². The van der Waals surface area contributed by atoms with Gasteiger partial charge in [-0.2, -0.15) is 0 Å². The van der Waals surface area contributed by atoms with Gasteiger partial charge in [0, 0.05) is 10.4 Å². The monoisotopic (exact) mass is 282 g/mol. The van der Waals surface area contributed by atoms with Crippen molar-refractivity contribution < 1.29 is 130 Å². The third kappa shape index (κ3) is 21.7. The molecule has 0 N–H and O–H groups in total. The average molecular weight is 282 g/mol. The van der Waals surface area contributed by atoms with Gasteiger partial charge in [0.25, 0.3) is 0 Å². The Labute approximate surface area is 172 Å². The van der Waals surface area contributed by atoms with Crippen molar-refractivity contribution in [2.75, 3.05) is 0 Å². The van der Waals surface area contributed by atoms with Crippen LogP contribution in [0.1, 0.15) is 0 Å². The van der Waals surface area contributed by atoms with E-state index in [2.05, 4.69) is 0 Å². The van der Waals surface area contributed by atoms with Crippen molar-refractivity contribution in [2.24, 2.45) is 0 Å². The molecule has 1 aliphatic carbocycles. The van der Waals surface area contributed by atoms with Gasteiger partial charge >= 0.3 is 103 Å². The van der Waals surface area contributed by atoms with Crippen LogP contribution in [0.4, 0.5) is 0 Å². The summed E-state index contributed by atoms with van der Waals surface area (Å²) < 4.78 is 34.1. The topological polar surface area (TPSA) is 114 Å². The van der Waals surface area contributed by atoms with Crippen LogP contribution in [-0.4, -0.2) is 29.1 Å². The first-order chi connectivity index (χ1) is 5.79. The first-order valence-electron chi connectivity index (χ1n) is 2.90. The minimum absolute atomic E-state index is 0. The summed E-state index contributed by atoms with van der Waals surface area (Å²) in [4.78, 5) is 20.6. The second-order valence-corrected chi connectivity index (χ2v) is 2.70. The molecule has 0 saturated heterocycles. The van der Waals surface area contributed by atoms with Gasteiger partial charge in [-0.15, -0.1) is 0 Å². The number of allylic oxidation sites excluding steroid dienone is 4. The summed E-state index contributed by atoms with van der Waals surface area (Å²) in [5.74, 6) is -0.241. The standard InChI is InChI=1S/C6H4O2.2K.H2O4S/c7-5-1-2-6(8)4-3-5;;;1-5(2,3)4/h1-4H;;;(H2,1,2,3,4)/q;2*+1;/p-2. The Morgan fingerprint density at radius 1 is 0.800 bits per heavy atom. The van der Waals surface area contributed by atoms with Crippen molar-refractivity contribution in [3.63, 3.8) is 0 Å². The molecular weight excluding hydrogens is 278 g/mol. The van der Waals surface area contributed by atoms with E-state index in [0.717, 1.165) is 0 Å². The van der Waals surface area contributed by atoms with Gasteiger partial charge in [0.05, 0.1) is 0 Å². The number of hydrogen-bond donors (Lipinski definition) is 0. The van der Waals surface area contributed by atoms with Crippen LogP contribution < -0.4 is 103 Å². The van der Waals surface area contributed by atoms with Gasteiger partial charge in [-0.05, 0) is 24.3 Å². The molecule has 0 bridgehead atoms. The van der Waals surface area contributed by atoms with Crippen LogP contribution in [0.15, 0.2) is 24.3 Å². The number of ketones is 2. The fraction of sp³-hybridized carbons (Fsp3) is 0. The molecule has 0 aliphatic heterocycles. The van der Waals surface area contributed by atoms with Crippen LogP contribution in [-0.2, 0) is 20.0 Å². The van der Waals surface area contributed by atoms with E-state index in [9.17, 15) is 9.59 Å². The summed E-state index contributed by atoms with van der Waals surface area (Å²) in [6, 6.07) is 0. The number of carbonyl (C=O) groups excluding carboxylic acids is 2. The zero-order valence-corrected chi connectivity index (χ0v) is 15.2. The van der Waals surface area contributed by atoms with Crippen LogP contribution >= 0.6 is 0 Å². The maximum atomic E-state index is 10.3. The Kier molecular flexibility index (Phi) is 16.4. The molecule has 9 heteroatoms. The zero-order chi connectivity index (χ0) is 10.5. The van der Waals surface area contributed by atoms with Crippen molar-refractivity contribution in [1.82, 2.24) is 0 Å². The molecule has 6 nitrogen and oxygen atoms in total. The number of carbonyl (C=O) groups is 2. The van der Waals surface area contributed by atoms with Gasteiger partial charge in [-0.1, -0.05) is 0 Å². The normalized spacial score (nSPS) is 13.2.